The average Bonchev–Trinajstić information content (AvgIpc) is 2.52. The van der Waals surface area contributed by atoms with E-state index in [-0.39, 0.29) is 12.5 Å². The van der Waals surface area contributed by atoms with Gasteiger partial charge in [0, 0.05) is 13.1 Å². The van der Waals surface area contributed by atoms with Crippen molar-refractivity contribution < 1.29 is 26.4 Å². The van der Waals surface area contributed by atoms with Gasteiger partial charge in [0.25, 0.3) is 0 Å². The SMILES string of the molecule is C=CCN(CC(=O)NCC(C)C)S(=O)(=O)c1cccc(C(F)(F)F)c1. The Balaban J connectivity index is 3.09. The van der Waals surface area contributed by atoms with Crippen molar-refractivity contribution in [2.75, 3.05) is 19.6 Å². The molecule has 5 nitrogen and oxygen atoms in total. The van der Waals surface area contributed by atoms with Gasteiger partial charge in [-0.15, -0.1) is 6.58 Å². The molecule has 0 saturated heterocycles. The van der Waals surface area contributed by atoms with E-state index in [1.807, 2.05) is 13.8 Å². The van der Waals surface area contributed by atoms with E-state index in [1.165, 1.54) is 6.08 Å². The van der Waals surface area contributed by atoms with Crippen LogP contribution in [0, 0.1) is 5.92 Å². The third kappa shape index (κ3) is 6.17. The minimum atomic E-state index is -4.66. The van der Waals surface area contributed by atoms with Gasteiger partial charge in [0.2, 0.25) is 15.9 Å². The van der Waals surface area contributed by atoms with Crippen molar-refractivity contribution in [1.29, 1.82) is 0 Å². The molecule has 0 aliphatic carbocycles. The molecule has 1 N–H and O–H groups in total. The molecule has 0 aliphatic heterocycles. The second-order valence-corrected chi connectivity index (χ2v) is 7.75. The van der Waals surface area contributed by atoms with Crippen molar-refractivity contribution >= 4 is 15.9 Å². The summed E-state index contributed by atoms with van der Waals surface area (Å²) in [5, 5.41) is 2.57. The number of halogens is 3. The maximum atomic E-state index is 12.8. The van der Waals surface area contributed by atoms with E-state index in [9.17, 15) is 26.4 Å². The van der Waals surface area contributed by atoms with Gasteiger partial charge in [0.05, 0.1) is 17.0 Å². The first-order chi connectivity index (χ1) is 11.5. The molecule has 1 rings (SSSR count). The zero-order valence-electron chi connectivity index (χ0n) is 14.0. The van der Waals surface area contributed by atoms with Crippen molar-refractivity contribution in [3.05, 3.63) is 42.5 Å². The molecule has 0 aromatic heterocycles. The monoisotopic (exact) mass is 378 g/mol. The molecule has 25 heavy (non-hydrogen) atoms. The summed E-state index contributed by atoms with van der Waals surface area (Å²) >= 11 is 0. The number of benzene rings is 1. The van der Waals surface area contributed by atoms with E-state index in [1.54, 1.807) is 0 Å². The van der Waals surface area contributed by atoms with Crippen LogP contribution in [0.5, 0.6) is 0 Å². The number of nitrogens with zero attached hydrogens (tertiary/aromatic N) is 1. The molecular weight excluding hydrogens is 357 g/mol. The molecule has 0 spiro atoms. The minimum absolute atomic E-state index is 0.178. The van der Waals surface area contributed by atoms with Crippen molar-refractivity contribution in [1.82, 2.24) is 9.62 Å². The summed E-state index contributed by atoms with van der Waals surface area (Å²) in [6.45, 7) is 6.84. The summed E-state index contributed by atoms with van der Waals surface area (Å²) in [5.41, 5.74) is -1.07. The van der Waals surface area contributed by atoms with Gasteiger partial charge >= 0.3 is 6.18 Å². The Morgan fingerprint density at radius 2 is 2.00 bits per heavy atom. The summed E-state index contributed by atoms with van der Waals surface area (Å²) in [5.74, 6) is -0.358. The number of carbonyl (C=O) groups is 1. The Morgan fingerprint density at radius 1 is 1.36 bits per heavy atom. The van der Waals surface area contributed by atoms with Crippen LogP contribution in [0.25, 0.3) is 0 Å². The molecule has 0 atom stereocenters. The van der Waals surface area contributed by atoms with Crippen LogP contribution in [-0.4, -0.2) is 38.3 Å². The Kier molecular flexibility index (Phi) is 7.18. The molecule has 0 saturated carbocycles. The summed E-state index contributed by atoms with van der Waals surface area (Å²) < 4.78 is 64.4. The lowest BCUT2D eigenvalue weighted by Crippen LogP contribution is -2.41. The Morgan fingerprint density at radius 3 is 2.52 bits per heavy atom. The van der Waals surface area contributed by atoms with Gasteiger partial charge in [0.1, 0.15) is 0 Å². The Hall–Kier alpha value is -1.87. The molecule has 0 aliphatic rings. The standard InChI is InChI=1S/C16H21F3N2O3S/c1-4-8-21(11-15(22)20-10-12(2)3)25(23,24)14-7-5-6-13(9-14)16(17,18)19/h4-7,9,12H,1,8,10-11H2,2-3H3,(H,20,22). The molecule has 1 aromatic rings. The highest BCUT2D eigenvalue weighted by molar-refractivity contribution is 7.89. The summed E-state index contributed by atoms with van der Waals surface area (Å²) in [7, 11) is -4.28. The van der Waals surface area contributed by atoms with Gasteiger partial charge in [-0.25, -0.2) is 8.42 Å². The highest BCUT2D eigenvalue weighted by Crippen LogP contribution is 2.31. The molecular formula is C16H21F3N2O3S. The summed E-state index contributed by atoms with van der Waals surface area (Å²) in [6.07, 6.45) is -3.40. The Labute approximate surface area is 145 Å². The first kappa shape index (κ1) is 21.2. The number of amides is 1. The van der Waals surface area contributed by atoms with Gasteiger partial charge in [-0.05, 0) is 24.1 Å². The third-order valence-corrected chi connectivity index (χ3v) is 4.97. The van der Waals surface area contributed by atoms with Crippen molar-refractivity contribution in [2.45, 2.75) is 24.9 Å². The number of nitrogens with one attached hydrogen (secondary N) is 1. The van der Waals surface area contributed by atoms with Crippen LogP contribution in [0.1, 0.15) is 19.4 Å². The zero-order chi connectivity index (χ0) is 19.3. The van der Waals surface area contributed by atoms with E-state index < -0.39 is 39.1 Å². The lowest BCUT2D eigenvalue weighted by molar-refractivity contribution is -0.137. The number of hydrogen-bond acceptors (Lipinski definition) is 3. The van der Waals surface area contributed by atoms with Crippen LogP contribution >= 0.6 is 0 Å². The largest absolute Gasteiger partial charge is 0.416 e. The van der Waals surface area contributed by atoms with Crippen molar-refractivity contribution in [3.63, 3.8) is 0 Å². The minimum Gasteiger partial charge on any atom is -0.355 e. The maximum Gasteiger partial charge on any atom is 0.416 e. The molecule has 9 heteroatoms. The van der Waals surface area contributed by atoms with Gasteiger partial charge in [0.15, 0.2) is 0 Å². The number of carbonyl (C=O) groups excluding carboxylic acids is 1. The first-order valence-corrected chi connectivity index (χ1v) is 8.97. The van der Waals surface area contributed by atoms with Crippen LogP contribution in [0.15, 0.2) is 41.8 Å². The molecule has 0 fully saturated rings. The summed E-state index contributed by atoms with van der Waals surface area (Å²) in [4.78, 5) is 11.4. The van der Waals surface area contributed by atoms with E-state index >= 15 is 0 Å². The summed E-state index contributed by atoms with van der Waals surface area (Å²) in [6, 6.07) is 3.41. The van der Waals surface area contributed by atoms with E-state index in [2.05, 4.69) is 11.9 Å². The van der Waals surface area contributed by atoms with Crippen LogP contribution in [0.2, 0.25) is 0 Å². The fourth-order valence-corrected chi connectivity index (χ4v) is 3.32. The number of alkyl halides is 3. The first-order valence-electron chi connectivity index (χ1n) is 7.53. The zero-order valence-corrected chi connectivity index (χ0v) is 14.8. The van der Waals surface area contributed by atoms with Gasteiger partial charge in [-0.3, -0.25) is 4.79 Å². The van der Waals surface area contributed by atoms with Gasteiger partial charge < -0.3 is 5.32 Å². The fraction of sp³-hybridized carbons (Fsp3) is 0.438. The lowest BCUT2D eigenvalue weighted by Gasteiger charge is -2.21. The highest BCUT2D eigenvalue weighted by atomic mass is 32.2. The molecule has 140 valence electrons. The highest BCUT2D eigenvalue weighted by Gasteiger charge is 2.33. The van der Waals surface area contributed by atoms with E-state index in [4.69, 9.17) is 0 Å². The predicted octanol–water partition coefficient (Wildman–Crippen LogP) is 2.65. The van der Waals surface area contributed by atoms with Gasteiger partial charge in [-0.2, -0.15) is 17.5 Å². The van der Waals surface area contributed by atoms with Crippen LogP contribution in [0.4, 0.5) is 13.2 Å². The topological polar surface area (TPSA) is 66.5 Å². The van der Waals surface area contributed by atoms with Crippen LogP contribution < -0.4 is 5.32 Å². The van der Waals surface area contributed by atoms with Crippen molar-refractivity contribution in [2.24, 2.45) is 5.92 Å². The number of hydrogen-bond donors (Lipinski definition) is 1. The van der Waals surface area contributed by atoms with E-state index in [0.29, 0.717) is 12.6 Å². The van der Waals surface area contributed by atoms with Gasteiger partial charge in [-0.1, -0.05) is 26.0 Å². The number of sulfonamides is 1. The average molecular weight is 378 g/mol. The quantitative estimate of drug-likeness (QED) is 0.708. The number of rotatable bonds is 8. The molecule has 0 radical (unpaired) electrons. The lowest BCUT2D eigenvalue weighted by atomic mass is 10.2. The van der Waals surface area contributed by atoms with E-state index in [0.717, 1.165) is 22.5 Å². The molecule has 0 unspecified atom stereocenters. The Bertz CT molecular complexity index is 716. The van der Waals surface area contributed by atoms with Crippen molar-refractivity contribution in [3.8, 4) is 0 Å². The normalized spacial score (nSPS) is 12.4. The maximum absolute atomic E-state index is 12.8. The van der Waals surface area contributed by atoms with Crippen LogP contribution in [0.3, 0.4) is 0 Å². The second kappa shape index (κ2) is 8.48. The smallest absolute Gasteiger partial charge is 0.355 e. The molecule has 0 bridgehead atoms. The predicted molar refractivity (Wildman–Crippen MR) is 88.2 cm³/mol. The second-order valence-electron chi connectivity index (χ2n) is 5.81. The third-order valence-electron chi connectivity index (χ3n) is 3.16. The molecule has 0 heterocycles. The molecule has 1 amide bonds. The van der Waals surface area contributed by atoms with Crippen LogP contribution in [-0.2, 0) is 21.0 Å². The molecule has 1 aromatic carbocycles. The fourth-order valence-electron chi connectivity index (χ4n) is 1.91.